The zero-order valence-corrected chi connectivity index (χ0v) is 19.7. The van der Waals surface area contributed by atoms with Crippen LogP contribution in [0.1, 0.15) is 38.8 Å². The molecule has 1 aliphatic rings. The van der Waals surface area contributed by atoms with E-state index in [1.54, 1.807) is 43.3 Å². The SMILES string of the molecule is CCOc1cc(/C=C2/C(=O)N(CC(C)C)C(=O)C(C#N)=C2C)ccc1OCc1ccc(F)cc1. The third kappa shape index (κ3) is 5.52. The van der Waals surface area contributed by atoms with Gasteiger partial charge < -0.3 is 9.47 Å². The molecule has 0 atom stereocenters. The fraction of sp³-hybridized carbons (Fsp3) is 0.296. The minimum atomic E-state index is -0.560. The van der Waals surface area contributed by atoms with Crippen molar-refractivity contribution in [3.63, 3.8) is 0 Å². The molecule has 7 heteroatoms. The summed E-state index contributed by atoms with van der Waals surface area (Å²) < 4.78 is 24.7. The number of amides is 2. The van der Waals surface area contributed by atoms with Crippen molar-refractivity contribution < 1.29 is 23.5 Å². The first-order valence-electron chi connectivity index (χ1n) is 11.1. The average Bonchev–Trinajstić information content (AvgIpc) is 2.80. The molecular formula is C27H27FN2O4. The predicted octanol–water partition coefficient (Wildman–Crippen LogP) is 5.05. The fourth-order valence-corrected chi connectivity index (χ4v) is 3.57. The number of halogens is 1. The molecule has 2 aromatic rings. The smallest absolute Gasteiger partial charge is 0.271 e. The molecule has 1 aliphatic heterocycles. The molecule has 0 bridgehead atoms. The van der Waals surface area contributed by atoms with Crippen LogP contribution in [0.4, 0.5) is 4.39 Å². The van der Waals surface area contributed by atoms with Gasteiger partial charge in [-0.3, -0.25) is 14.5 Å². The van der Waals surface area contributed by atoms with Gasteiger partial charge in [0.15, 0.2) is 11.5 Å². The fourth-order valence-electron chi connectivity index (χ4n) is 3.57. The van der Waals surface area contributed by atoms with Crippen LogP contribution in [0.25, 0.3) is 6.08 Å². The zero-order valence-electron chi connectivity index (χ0n) is 19.7. The summed E-state index contributed by atoms with van der Waals surface area (Å²) >= 11 is 0. The van der Waals surface area contributed by atoms with Gasteiger partial charge in [0, 0.05) is 12.1 Å². The molecule has 0 fully saturated rings. The van der Waals surface area contributed by atoms with Crippen LogP contribution in [-0.4, -0.2) is 29.9 Å². The van der Waals surface area contributed by atoms with Crippen LogP contribution >= 0.6 is 0 Å². The third-order valence-electron chi connectivity index (χ3n) is 5.26. The second kappa shape index (κ2) is 10.8. The summed E-state index contributed by atoms with van der Waals surface area (Å²) in [5.41, 5.74) is 2.08. The van der Waals surface area contributed by atoms with Gasteiger partial charge in [-0.25, -0.2) is 4.39 Å². The van der Waals surface area contributed by atoms with E-state index in [-0.39, 0.29) is 30.5 Å². The van der Waals surface area contributed by atoms with E-state index in [1.165, 1.54) is 12.1 Å². The molecule has 0 saturated heterocycles. The second-order valence-corrected chi connectivity index (χ2v) is 8.34. The number of benzene rings is 2. The topological polar surface area (TPSA) is 79.6 Å². The average molecular weight is 463 g/mol. The number of nitrogens with zero attached hydrogens (tertiary/aromatic N) is 2. The Morgan fingerprint density at radius 3 is 2.38 bits per heavy atom. The van der Waals surface area contributed by atoms with Crippen molar-refractivity contribution in [3.8, 4) is 17.6 Å². The van der Waals surface area contributed by atoms with Gasteiger partial charge in [0.1, 0.15) is 24.1 Å². The molecule has 2 aromatic carbocycles. The van der Waals surface area contributed by atoms with E-state index in [1.807, 2.05) is 26.8 Å². The number of hydrogen-bond acceptors (Lipinski definition) is 5. The van der Waals surface area contributed by atoms with Crippen molar-refractivity contribution in [2.75, 3.05) is 13.2 Å². The number of carbonyl (C=O) groups is 2. The van der Waals surface area contributed by atoms with Gasteiger partial charge in [0.2, 0.25) is 0 Å². The molecular weight excluding hydrogens is 435 g/mol. The monoisotopic (exact) mass is 462 g/mol. The van der Waals surface area contributed by atoms with Crippen LogP contribution in [0.15, 0.2) is 59.2 Å². The maximum absolute atomic E-state index is 13.1. The second-order valence-electron chi connectivity index (χ2n) is 8.34. The molecule has 0 aliphatic carbocycles. The summed E-state index contributed by atoms with van der Waals surface area (Å²) in [6.07, 6.45) is 1.65. The molecule has 1 heterocycles. The lowest BCUT2D eigenvalue weighted by Gasteiger charge is -2.28. The number of rotatable bonds is 8. The van der Waals surface area contributed by atoms with Crippen molar-refractivity contribution in [3.05, 3.63) is 76.1 Å². The number of carbonyl (C=O) groups excluding carboxylic acids is 2. The molecule has 6 nitrogen and oxygen atoms in total. The van der Waals surface area contributed by atoms with E-state index in [4.69, 9.17) is 9.47 Å². The maximum atomic E-state index is 13.1. The Bertz CT molecular complexity index is 1190. The molecule has 0 radical (unpaired) electrons. The van der Waals surface area contributed by atoms with E-state index in [0.29, 0.717) is 34.8 Å². The van der Waals surface area contributed by atoms with E-state index in [9.17, 15) is 19.2 Å². The van der Waals surface area contributed by atoms with Crippen LogP contribution in [-0.2, 0) is 16.2 Å². The summed E-state index contributed by atoms with van der Waals surface area (Å²) in [4.78, 5) is 26.9. The van der Waals surface area contributed by atoms with Crippen LogP contribution in [0.2, 0.25) is 0 Å². The van der Waals surface area contributed by atoms with Crippen LogP contribution in [0, 0.1) is 23.1 Å². The van der Waals surface area contributed by atoms with Gasteiger partial charge in [-0.2, -0.15) is 5.26 Å². The normalized spacial score (nSPS) is 15.2. The lowest BCUT2D eigenvalue weighted by molar-refractivity contribution is -0.141. The molecule has 0 unspecified atom stereocenters. The Morgan fingerprint density at radius 2 is 1.76 bits per heavy atom. The van der Waals surface area contributed by atoms with E-state index in [0.717, 1.165) is 10.5 Å². The first-order chi connectivity index (χ1) is 16.2. The van der Waals surface area contributed by atoms with Gasteiger partial charge >= 0.3 is 0 Å². The van der Waals surface area contributed by atoms with Crippen molar-refractivity contribution in [1.82, 2.24) is 4.90 Å². The first-order valence-corrected chi connectivity index (χ1v) is 11.1. The molecule has 3 rings (SSSR count). The van der Waals surface area contributed by atoms with Gasteiger partial charge in [-0.1, -0.05) is 32.0 Å². The van der Waals surface area contributed by atoms with E-state index < -0.39 is 11.8 Å². The summed E-state index contributed by atoms with van der Waals surface area (Å²) in [5, 5.41) is 9.52. The van der Waals surface area contributed by atoms with Crippen LogP contribution in [0.3, 0.4) is 0 Å². The number of imide groups is 1. The molecule has 176 valence electrons. The lowest BCUT2D eigenvalue weighted by atomic mass is 9.93. The lowest BCUT2D eigenvalue weighted by Crippen LogP contribution is -2.44. The predicted molar refractivity (Wildman–Crippen MR) is 126 cm³/mol. The van der Waals surface area contributed by atoms with E-state index in [2.05, 4.69) is 0 Å². The highest BCUT2D eigenvalue weighted by atomic mass is 19.1. The quantitative estimate of drug-likeness (QED) is 0.405. The number of ether oxygens (including phenoxy) is 2. The largest absolute Gasteiger partial charge is 0.490 e. The molecule has 0 N–H and O–H groups in total. The Kier molecular flexibility index (Phi) is 7.85. The zero-order chi connectivity index (χ0) is 24.8. The number of hydrogen-bond donors (Lipinski definition) is 0. The Balaban J connectivity index is 1.94. The van der Waals surface area contributed by atoms with Crippen molar-refractivity contribution in [2.24, 2.45) is 5.92 Å². The minimum Gasteiger partial charge on any atom is -0.490 e. The van der Waals surface area contributed by atoms with Crippen LogP contribution < -0.4 is 9.47 Å². The Hall–Kier alpha value is -3.92. The molecule has 0 spiro atoms. The van der Waals surface area contributed by atoms with Gasteiger partial charge in [0.25, 0.3) is 11.8 Å². The standard InChI is InChI=1S/C27H27FN2O4/c1-5-33-25-13-20(8-11-24(25)34-16-19-6-9-21(28)10-7-19)12-22-18(4)23(14-29)27(32)30(26(22)31)15-17(2)3/h6-13,17H,5,15-16H2,1-4H3/b22-12+. The Morgan fingerprint density at radius 1 is 1.06 bits per heavy atom. The number of nitriles is 1. The molecule has 0 saturated carbocycles. The van der Waals surface area contributed by atoms with Gasteiger partial charge in [0.05, 0.1) is 6.61 Å². The highest BCUT2D eigenvalue weighted by molar-refractivity contribution is 6.19. The summed E-state index contributed by atoms with van der Waals surface area (Å²) in [5.74, 6) is -0.245. The summed E-state index contributed by atoms with van der Waals surface area (Å²) in [6, 6.07) is 13.2. The van der Waals surface area contributed by atoms with E-state index >= 15 is 0 Å². The van der Waals surface area contributed by atoms with Crippen LogP contribution in [0.5, 0.6) is 11.5 Å². The minimum absolute atomic E-state index is 0.0317. The van der Waals surface area contributed by atoms with Gasteiger partial charge in [-0.05, 0) is 66.8 Å². The molecule has 34 heavy (non-hydrogen) atoms. The highest BCUT2D eigenvalue weighted by Gasteiger charge is 2.35. The Labute approximate surface area is 198 Å². The first kappa shape index (κ1) is 24.7. The molecule has 2 amide bonds. The highest BCUT2D eigenvalue weighted by Crippen LogP contribution is 2.32. The summed E-state index contributed by atoms with van der Waals surface area (Å²) in [6.45, 7) is 8.13. The third-order valence-corrected chi connectivity index (χ3v) is 5.26. The summed E-state index contributed by atoms with van der Waals surface area (Å²) in [7, 11) is 0. The molecule has 0 aromatic heterocycles. The van der Waals surface area contributed by atoms with Crippen molar-refractivity contribution >= 4 is 17.9 Å². The van der Waals surface area contributed by atoms with Crippen molar-refractivity contribution in [2.45, 2.75) is 34.3 Å². The maximum Gasteiger partial charge on any atom is 0.271 e. The van der Waals surface area contributed by atoms with Gasteiger partial charge in [-0.15, -0.1) is 0 Å². The van der Waals surface area contributed by atoms with Crippen molar-refractivity contribution in [1.29, 1.82) is 5.26 Å².